The van der Waals surface area contributed by atoms with Crippen LogP contribution >= 0.6 is 0 Å². The number of rotatable bonds is 5. The zero-order valence-electron chi connectivity index (χ0n) is 13.1. The number of tetrazole rings is 1. The van der Waals surface area contributed by atoms with Crippen LogP contribution in [0.2, 0.25) is 0 Å². The lowest BCUT2D eigenvalue weighted by molar-refractivity contribution is -0.127. The minimum Gasteiger partial charge on any atom is -0.282 e. The SMILES string of the molecule is CCCn1nnnc1CN1C(=O)[C@H](C)N(c2ccccc2)C1=O. The molecule has 1 atom stereocenters. The van der Waals surface area contributed by atoms with Gasteiger partial charge in [-0.1, -0.05) is 25.1 Å². The Morgan fingerprint density at radius 3 is 2.61 bits per heavy atom. The Kier molecular flexibility index (Phi) is 4.05. The summed E-state index contributed by atoms with van der Waals surface area (Å²) in [5, 5.41) is 11.4. The average Bonchev–Trinajstić information content (AvgIpc) is 3.08. The number of nitrogens with zero attached hydrogens (tertiary/aromatic N) is 6. The largest absolute Gasteiger partial charge is 0.332 e. The predicted octanol–water partition coefficient (Wildman–Crippen LogP) is 1.44. The summed E-state index contributed by atoms with van der Waals surface area (Å²) >= 11 is 0. The Balaban J connectivity index is 1.85. The van der Waals surface area contributed by atoms with Gasteiger partial charge in [0.2, 0.25) is 0 Å². The lowest BCUT2D eigenvalue weighted by Crippen LogP contribution is -2.34. The molecule has 3 amide bonds. The molecule has 0 unspecified atom stereocenters. The molecule has 23 heavy (non-hydrogen) atoms. The van der Waals surface area contributed by atoms with Crippen LogP contribution in [0.4, 0.5) is 10.5 Å². The summed E-state index contributed by atoms with van der Waals surface area (Å²) in [6.07, 6.45) is 0.868. The summed E-state index contributed by atoms with van der Waals surface area (Å²) in [6, 6.07) is 8.28. The molecule has 1 aliphatic rings. The van der Waals surface area contributed by atoms with E-state index in [1.54, 1.807) is 11.6 Å². The maximum Gasteiger partial charge on any atom is 0.332 e. The Hall–Kier alpha value is -2.77. The molecule has 1 aromatic carbocycles. The fraction of sp³-hybridized carbons (Fsp3) is 0.400. The minimum absolute atomic E-state index is 0.0817. The highest BCUT2D eigenvalue weighted by molar-refractivity contribution is 6.13. The first-order valence-electron chi connectivity index (χ1n) is 7.58. The van der Waals surface area contributed by atoms with E-state index in [1.165, 1.54) is 9.80 Å². The third-order valence-electron chi connectivity index (χ3n) is 3.82. The maximum atomic E-state index is 12.7. The highest BCUT2D eigenvalue weighted by Gasteiger charge is 2.43. The first kappa shape index (κ1) is 15.1. The molecule has 0 spiro atoms. The summed E-state index contributed by atoms with van der Waals surface area (Å²) in [7, 11) is 0. The number of aryl methyl sites for hydroxylation is 1. The van der Waals surface area contributed by atoms with E-state index in [-0.39, 0.29) is 18.5 Å². The predicted molar refractivity (Wildman–Crippen MR) is 82.4 cm³/mol. The molecule has 2 aromatic rings. The molecule has 0 radical (unpaired) electrons. The van der Waals surface area contributed by atoms with Crippen molar-refractivity contribution in [2.45, 2.75) is 39.4 Å². The summed E-state index contributed by atoms with van der Waals surface area (Å²) in [5.41, 5.74) is 0.703. The van der Waals surface area contributed by atoms with Gasteiger partial charge >= 0.3 is 6.03 Å². The van der Waals surface area contributed by atoms with Crippen LogP contribution in [0, 0.1) is 0 Å². The highest BCUT2D eigenvalue weighted by atomic mass is 16.2. The zero-order valence-corrected chi connectivity index (χ0v) is 13.1. The topological polar surface area (TPSA) is 84.2 Å². The molecule has 2 heterocycles. The van der Waals surface area contributed by atoms with Crippen LogP contribution in [-0.2, 0) is 17.9 Å². The zero-order chi connectivity index (χ0) is 16.4. The van der Waals surface area contributed by atoms with Crippen LogP contribution in [0.3, 0.4) is 0 Å². The van der Waals surface area contributed by atoms with E-state index < -0.39 is 6.04 Å². The molecule has 1 aliphatic heterocycles. The highest BCUT2D eigenvalue weighted by Crippen LogP contribution is 2.26. The number of imide groups is 1. The first-order chi connectivity index (χ1) is 11.1. The second-order valence-electron chi connectivity index (χ2n) is 5.41. The molecule has 0 saturated carbocycles. The van der Waals surface area contributed by atoms with Crippen molar-refractivity contribution in [2.75, 3.05) is 4.90 Å². The Bertz CT molecular complexity index is 714. The third-order valence-corrected chi connectivity index (χ3v) is 3.82. The number of hydrogen-bond acceptors (Lipinski definition) is 5. The van der Waals surface area contributed by atoms with Gasteiger partial charge in [-0.3, -0.25) is 14.6 Å². The number of benzene rings is 1. The number of amides is 3. The van der Waals surface area contributed by atoms with Gasteiger partial charge in [-0.25, -0.2) is 9.48 Å². The molecule has 0 N–H and O–H groups in total. The average molecular weight is 314 g/mol. The number of hydrogen-bond donors (Lipinski definition) is 0. The van der Waals surface area contributed by atoms with Crippen molar-refractivity contribution < 1.29 is 9.59 Å². The van der Waals surface area contributed by atoms with E-state index in [4.69, 9.17) is 0 Å². The maximum absolute atomic E-state index is 12.7. The van der Waals surface area contributed by atoms with Gasteiger partial charge in [-0.2, -0.15) is 0 Å². The lowest BCUT2D eigenvalue weighted by atomic mass is 10.2. The second kappa shape index (κ2) is 6.15. The number of urea groups is 1. The number of carbonyl (C=O) groups is 2. The third kappa shape index (κ3) is 2.67. The van der Waals surface area contributed by atoms with Gasteiger partial charge in [0.25, 0.3) is 5.91 Å². The van der Waals surface area contributed by atoms with Crippen LogP contribution < -0.4 is 4.90 Å². The van der Waals surface area contributed by atoms with Crippen molar-refractivity contribution in [1.82, 2.24) is 25.1 Å². The van der Waals surface area contributed by atoms with E-state index >= 15 is 0 Å². The van der Waals surface area contributed by atoms with Crippen LogP contribution in [0.1, 0.15) is 26.1 Å². The molecule has 120 valence electrons. The molecular weight excluding hydrogens is 296 g/mol. The van der Waals surface area contributed by atoms with Crippen molar-refractivity contribution in [3.63, 3.8) is 0 Å². The van der Waals surface area contributed by atoms with Crippen molar-refractivity contribution in [1.29, 1.82) is 0 Å². The van der Waals surface area contributed by atoms with Gasteiger partial charge in [-0.15, -0.1) is 5.10 Å². The summed E-state index contributed by atoms with van der Waals surface area (Å²) in [6.45, 7) is 4.47. The standard InChI is InChI=1S/C15H18N6O2/c1-3-9-20-13(16-17-18-20)10-19-14(22)11(2)21(15(19)23)12-7-5-4-6-8-12/h4-8,11H,3,9-10H2,1-2H3/t11-/m0/s1. The Labute approximate surface area is 133 Å². The van der Waals surface area contributed by atoms with Crippen molar-refractivity contribution >= 4 is 17.6 Å². The van der Waals surface area contributed by atoms with Crippen LogP contribution in [-0.4, -0.2) is 43.1 Å². The first-order valence-corrected chi connectivity index (χ1v) is 7.58. The van der Waals surface area contributed by atoms with Crippen LogP contribution in [0.25, 0.3) is 0 Å². The monoisotopic (exact) mass is 314 g/mol. The van der Waals surface area contributed by atoms with Crippen molar-refractivity contribution in [3.05, 3.63) is 36.2 Å². The fourth-order valence-corrected chi connectivity index (χ4v) is 2.66. The van der Waals surface area contributed by atoms with Crippen LogP contribution in [0.5, 0.6) is 0 Å². The molecule has 1 fully saturated rings. The molecule has 8 nitrogen and oxygen atoms in total. The molecular formula is C15H18N6O2. The van der Waals surface area contributed by atoms with Gasteiger partial charge in [-0.05, 0) is 35.9 Å². The van der Waals surface area contributed by atoms with E-state index in [1.807, 2.05) is 37.3 Å². The molecule has 1 aromatic heterocycles. The molecule has 1 saturated heterocycles. The van der Waals surface area contributed by atoms with Gasteiger partial charge in [0, 0.05) is 12.2 Å². The number of aromatic nitrogens is 4. The van der Waals surface area contributed by atoms with Gasteiger partial charge in [0.05, 0.1) is 6.54 Å². The molecule has 8 heteroatoms. The summed E-state index contributed by atoms with van der Waals surface area (Å²) in [5.74, 6) is 0.264. The second-order valence-corrected chi connectivity index (χ2v) is 5.41. The minimum atomic E-state index is -0.541. The fourth-order valence-electron chi connectivity index (χ4n) is 2.66. The van der Waals surface area contributed by atoms with E-state index in [2.05, 4.69) is 15.5 Å². The van der Waals surface area contributed by atoms with Crippen molar-refractivity contribution in [3.8, 4) is 0 Å². The Morgan fingerprint density at radius 1 is 1.17 bits per heavy atom. The normalized spacial score (nSPS) is 18.1. The van der Waals surface area contributed by atoms with Crippen molar-refractivity contribution in [2.24, 2.45) is 0 Å². The summed E-state index contributed by atoms with van der Waals surface area (Å²) in [4.78, 5) is 27.9. The van der Waals surface area contributed by atoms with Gasteiger partial charge < -0.3 is 0 Å². The molecule has 0 aliphatic carbocycles. The smallest absolute Gasteiger partial charge is 0.282 e. The van der Waals surface area contributed by atoms with Gasteiger partial charge in [0.15, 0.2) is 5.82 Å². The van der Waals surface area contributed by atoms with E-state index in [9.17, 15) is 9.59 Å². The lowest BCUT2D eigenvalue weighted by Gasteiger charge is -2.19. The quantitative estimate of drug-likeness (QED) is 0.780. The van der Waals surface area contributed by atoms with E-state index in [0.717, 1.165) is 6.42 Å². The number of anilines is 1. The van der Waals surface area contributed by atoms with Gasteiger partial charge in [0.1, 0.15) is 6.04 Å². The molecule has 0 bridgehead atoms. The number of carbonyl (C=O) groups excluding carboxylic acids is 2. The summed E-state index contributed by atoms with van der Waals surface area (Å²) < 4.78 is 1.62. The van der Waals surface area contributed by atoms with E-state index in [0.29, 0.717) is 18.1 Å². The van der Waals surface area contributed by atoms with Crippen LogP contribution in [0.15, 0.2) is 30.3 Å². The number of para-hydroxylation sites is 1. The Morgan fingerprint density at radius 2 is 1.91 bits per heavy atom. The molecule has 3 rings (SSSR count).